The van der Waals surface area contributed by atoms with Crippen molar-refractivity contribution in [2.45, 2.75) is 19.3 Å². The third kappa shape index (κ3) is 5.92. The van der Waals surface area contributed by atoms with Gasteiger partial charge in [-0.25, -0.2) is 0 Å². The van der Waals surface area contributed by atoms with Crippen LogP contribution >= 0.6 is 0 Å². The van der Waals surface area contributed by atoms with Crippen molar-refractivity contribution in [3.63, 3.8) is 0 Å². The Labute approximate surface area is 80.7 Å². The summed E-state index contributed by atoms with van der Waals surface area (Å²) >= 11 is 0. The van der Waals surface area contributed by atoms with Crippen LogP contribution < -0.4 is 0 Å². The first kappa shape index (κ1) is 9.79. The van der Waals surface area contributed by atoms with Gasteiger partial charge in [0, 0.05) is 0 Å². The molecule has 0 N–H and O–H groups in total. The van der Waals surface area contributed by atoms with E-state index in [9.17, 15) is 0 Å². The highest BCUT2D eigenvalue weighted by Gasteiger charge is 1.76. The third-order valence-corrected chi connectivity index (χ3v) is 1.69. The lowest BCUT2D eigenvalue weighted by atomic mass is 10.2. The summed E-state index contributed by atoms with van der Waals surface area (Å²) in [6, 6.07) is 0. The molecule has 13 heavy (non-hydrogen) atoms. The van der Waals surface area contributed by atoms with Crippen molar-refractivity contribution in [2.75, 3.05) is 0 Å². The molecule has 0 nitrogen and oxygen atoms in total. The molecule has 0 heterocycles. The van der Waals surface area contributed by atoms with E-state index in [-0.39, 0.29) is 0 Å². The average molecular weight is 171 g/mol. The molecular weight excluding hydrogens is 156 g/mol. The molecule has 1 aliphatic carbocycles. The molecule has 0 saturated carbocycles. The van der Waals surface area contributed by atoms with Gasteiger partial charge >= 0.3 is 0 Å². The Morgan fingerprint density at radius 1 is 0.692 bits per heavy atom. The molecule has 1 aliphatic rings. The Morgan fingerprint density at radius 2 is 1.38 bits per heavy atom. The molecule has 0 saturated heterocycles. The number of allylic oxidation sites excluding steroid dienone is 10. The fourth-order valence-electron chi connectivity index (χ4n) is 1.01. The Bertz CT molecular complexity index is 249. The summed E-state index contributed by atoms with van der Waals surface area (Å²) in [7, 11) is 0. The van der Waals surface area contributed by atoms with Crippen LogP contribution in [0, 0.1) is 6.08 Å². The van der Waals surface area contributed by atoms with Gasteiger partial charge in [0.05, 0.1) is 0 Å². The molecule has 0 spiro atoms. The Morgan fingerprint density at radius 3 is 2.23 bits per heavy atom. The van der Waals surface area contributed by atoms with Crippen molar-refractivity contribution in [3.8, 4) is 0 Å². The number of hydrogen-bond acceptors (Lipinski definition) is 0. The van der Waals surface area contributed by atoms with E-state index in [1.807, 2.05) is 24.3 Å². The Balaban J connectivity index is 2.50. The van der Waals surface area contributed by atoms with Gasteiger partial charge in [0.25, 0.3) is 0 Å². The molecule has 0 bridgehead atoms. The monoisotopic (exact) mass is 171 g/mol. The number of hydrogen-bond donors (Lipinski definition) is 0. The van der Waals surface area contributed by atoms with Gasteiger partial charge in [-0.2, -0.15) is 0 Å². The van der Waals surface area contributed by atoms with Crippen molar-refractivity contribution >= 4 is 0 Å². The molecule has 0 amide bonds. The Hall–Kier alpha value is -1.30. The molecule has 1 rings (SSSR count). The smallest absolute Gasteiger partial charge is 0.00948 e. The van der Waals surface area contributed by atoms with Gasteiger partial charge in [-0.05, 0) is 25.3 Å². The largest absolute Gasteiger partial charge is 0.0842 e. The SMILES string of the molecule is [C]1=C/CC/C=C/C=C/C=C\C=C\C/1. The fraction of sp³-hybridized carbons (Fsp3) is 0.231. The molecular formula is C13H15. The van der Waals surface area contributed by atoms with E-state index in [0.29, 0.717) is 0 Å². The molecule has 0 heteroatoms. The quantitative estimate of drug-likeness (QED) is 0.520. The summed E-state index contributed by atoms with van der Waals surface area (Å²) in [5.74, 6) is 0. The van der Waals surface area contributed by atoms with Crippen molar-refractivity contribution < 1.29 is 0 Å². The lowest BCUT2D eigenvalue weighted by molar-refractivity contribution is 1.04. The zero-order valence-corrected chi connectivity index (χ0v) is 7.82. The van der Waals surface area contributed by atoms with E-state index in [0.717, 1.165) is 19.3 Å². The lowest BCUT2D eigenvalue weighted by Crippen LogP contribution is -1.65. The van der Waals surface area contributed by atoms with Gasteiger partial charge in [-0.1, -0.05) is 54.7 Å². The summed E-state index contributed by atoms with van der Waals surface area (Å²) in [5, 5.41) is 0. The normalized spacial score (nSPS) is 30.2. The highest BCUT2D eigenvalue weighted by molar-refractivity contribution is 5.15. The van der Waals surface area contributed by atoms with E-state index in [4.69, 9.17) is 0 Å². The summed E-state index contributed by atoms with van der Waals surface area (Å²) in [6.07, 6.45) is 25.0. The first-order chi connectivity index (χ1) is 6.50. The molecule has 67 valence electrons. The van der Waals surface area contributed by atoms with Gasteiger partial charge in [0.1, 0.15) is 0 Å². The van der Waals surface area contributed by atoms with Crippen LogP contribution in [0.4, 0.5) is 0 Å². The summed E-state index contributed by atoms with van der Waals surface area (Å²) in [6.45, 7) is 0. The predicted octanol–water partition coefficient (Wildman–Crippen LogP) is 3.75. The third-order valence-electron chi connectivity index (χ3n) is 1.69. The van der Waals surface area contributed by atoms with Crippen molar-refractivity contribution in [3.05, 3.63) is 60.8 Å². The van der Waals surface area contributed by atoms with Crippen molar-refractivity contribution in [2.24, 2.45) is 0 Å². The minimum absolute atomic E-state index is 0.914. The van der Waals surface area contributed by atoms with Crippen LogP contribution in [0.15, 0.2) is 54.7 Å². The van der Waals surface area contributed by atoms with E-state index in [1.54, 1.807) is 0 Å². The second-order valence-electron chi connectivity index (χ2n) is 2.82. The molecule has 0 aromatic heterocycles. The molecule has 0 aromatic rings. The van der Waals surface area contributed by atoms with Gasteiger partial charge in [-0.15, -0.1) is 0 Å². The molecule has 1 radical (unpaired) electrons. The van der Waals surface area contributed by atoms with Gasteiger partial charge < -0.3 is 0 Å². The zero-order valence-electron chi connectivity index (χ0n) is 7.82. The molecule has 0 fully saturated rings. The minimum Gasteiger partial charge on any atom is -0.0842 e. The van der Waals surface area contributed by atoms with Gasteiger partial charge in [0.2, 0.25) is 0 Å². The highest BCUT2D eigenvalue weighted by atomic mass is 13.8. The molecule has 0 aromatic carbocycles. The summed E-state index contributed by atoms with van der Waals surface area (Å²) < 4.78 is 0. The van der Waals surface area contributed by atoms with Crippen LogP contribution in [0.5, 0.6) is 0 Å². The van der Waals surface area contributed by atoms with Crippen LogP contribution in [-0.2, 0) is 0 Å². The topological polar surface area (TPSA) is 0 Å². The summed E-state index contributed by atoms with van der Waals surface area (Å²) in [4.78, 5) is 0. The van der Waals surface area contributed by atoms with Crippen LogP contribution in [-0.4, -0.2) is 0 Å². The van der Waals surface area contributed by atoms with Crippen LogP contribution in [0.2, 0.25) is 0 Å². The van der Waals surface area contributed by atoms with Gasteiger partial charge in [0.15, 0.2) is 0 Å². The highest BCUT2D eigenvalue weighted by Crippen LogP contribution is 1.96. The van der Waals surface area contributed by atoms with E-state index < -0.39 is 0 Å². The number of rotatable bonds is 0. The average Bonchev–Trinajstić information content (AvgIpc) is 2.18. The molecule has 0 aliphatic heterocycles. The maximum atomic E-state index is 3.22. The van der Waals surface area contributed by atoms with Crippen LogP contribution in [0.1, 0.15) is 19.3 Å². The standard InChI is InChI=1S/C13H15/c1-2-4-6-8-10-12-13-11-9-7-5-3-1/h1-8,13H,9-11H2/b3-1+,4-2-,7-5+,8-6+,13-12?. The maximum absolute atomic E-state index is 3.22. The van der Waals surface area contributed by atoms with Crippen molar-refractivity contribution in [1.82, 2.24) is 0 Å². The Kier molecular flexibility index (Phi) is 5.54. The molecule has 0 unspecified atom stereocenters. The van der Waals surface area contributed by atoms with E-state index in [1.165, 1.54) is 0 Å². The maximum Gasteiger partial charge on any atom is -0.00948 e. The first-order valence-electron chi connectivity index (χ1n) is 4.70. The van der Waals surface area contributed by atoms with Crippen molar-refractivity contribution in [1.29, 1.82) is 0 Å². The van der Waals surface area contributed by atoms with E-state index in [2.05, 4.69) is 36.5 Å². The minimum atomic E-state index is 0.914. The van der Waals surface area contributed by atoms with E-state index >= 15 is 0 Å². The van der Waals surface area contributed by atoms with Gasteiger partial charge in [-0.3, -0.25) is 0 Å². The zero-order chi connectivity index (χ0) is 9.19. The molecule has 0 atom stereocenters. The second kappa shape index (κ2) is 7.35. The second-order valence-corrected chi connectivity index (χ2v) is 2.82. The van der Waals surface area contributed by atoms with Crippen LogP contribution in [0.3, 0.4) is 0 Å². The van der Waals surface area contributed by atoms with Crippen LogP contribution in [0.25, 0.3) is 0 Å². The fourth-order valence-corrected chi connectivity index (χ4v) is 1.01. The predicted molar refractivity (Wildman–Crippen MR) is 58.2 cm³/mol. The first-order valence-corrected chi connectivity index (χ1v) is 4.70. The summed E-state index contributed by atoms with van der Waals surface area (Å²) in [5.41, 5.74) is 0. The lowest BCUT2D eigenvalue weighted by Gasteiger charge is -1.84.